The zero-order valence-electron chi connectivity index (χ0n) is 12.0. The summed E-state index contributed by atoms with van der Waals surface area (Å²) in [6.07, 6.45) is -2.89. The minimum absolute atomic E-state index is 0.200. The zero-order valence-corrected chi connectivity index (χ0v) is 12.0. The van der Waals surface area contributed by atoms with Gasteiger partial charge in [-0.15, -0.1) is 0 Å². The average molecular weight is 325 g/mol. The van der Waals surface area contributed by atoms with Crippen LogP contribution in [0.4, 0.5) is 18.9 Å². The number of likely N-dealkylation sites (tertiary alicyclic amines) is 1. The van der Waals surface area contributed by atoms with E-state index in [0.29, 0.717) is 10.6 Å². The van der Waals surface area contributed by atoms with Crippen molar-refractivity contribution in [2.24, 2.45) is 5.92 Å². The number of aromatic amines is 1. The van der Waals surface area contributed by atoms with Crippen LogP contribution in [0.25, 0.3) is 10.9 Å². The largest absolute Gasteiger partial charge is 0.406 e. The van der Waals surface area contributed by atoms with Gasteiger partial charge in [-0.2, -0.15) is 13.2 Å². The molecule has 0 radical (unpaired) electrons. The smallest absolute Gasteiger partial charge is 0.361 e. The quantitative estimate of drug-likeness (QED) is 0.911. The maximum Gasteiger partial charge on any atom is 0.406 e. The van der Waals surface area contributed by atoms with Gasteiger partial charge in [-0.05, 0) is 24.3 Å². The molecule has 1 aromatic heterocycles. The van der Waals surface area contributed by atoms with Crippen LogP contribution >= 0.6 is 0 Å². The van der Waals surface area contributed by atoms with Crippen molar-refractivity contribution in [1.29, 1.82) is 0 Å². The summed E-state index contributed by atoms with van der Waals surface area (Å²) in [4.78, 5) is 27.5. The first-order chi connectivity index (χ1) is 10.8. The summed E-state index contributed by atoms with van der Waals surface area (Å²) in [5, 5.41) is 3.56. The van der Waals surface area contributed by atoms with Crippen LogP contribution in [-0.4, -0.2) is 41.0 Å². The Balaban J connectivity index is 1.65. The minimum atomic E-state index is -4.46. The molecule has 23 heavy (non-hydrogen) atoms. The molecule has 2 N–H and O–H groups in total. The number of fused-ring (bicyclic) bond motifs is 1. The van der Waals surface area contributed by atoms with E-state index < -0.39 is 30.5 Å². The summed E-state index contributed by atoms with van der Waals surface area (Å²) in [5.41, 5.74) is 1.46. The number of aromatic nitrogens is 1. The van der Waals surface area contributed by atoms with Gasteiger partial charge in [-0.1, -0.05) is 0 Å². The van der Waals surface area contributed by atoms with Gasteiger partial charge in [0.25, 0.3) is 0 Å². The molecule has 1 saturated heterocycles. The first kappa shape index (κ1) is 15.4. The lowest BCUT2D eigenvalue weighted by atomic mass is 10.1. The Morgan fingerprint density at radius 2 is 2.13 bits per heavy atom. The summed E-state index contributed by atoms with van der Waals surface area (Å²) in [5.74, 6) is -1.87. The zero-order chi connectivity index (χ0) is 16.6. The van der Waals surface area contributed by atoms with Crippen LogP contribution in [0.15, 0.2) is 30.5 Å². The fraction of sp³-hybridized carbons (Fsp3) is 0.333. The molecule has 2 aromatic rings. The number of H-pyrrole nitrogens is 1. The van der Waals surface area contributed by atoms with Crippen LogP contribution in [-0.2, 0) is 9.59 Å². The maximum atomic E-state index is 12.4. The van der Waals surface area contributed by atoms with E-state index in [1.54, 1.807) is 24.4 Å². The van der Waals surface area contributed by atoms with Gasteiger partial charge in [0, 0.05) is 35.8 Å². The highest BCUT2D eigenvalue weighted by atomic mass is 19.4. The highest BCUT2D eigenvalue weighted by Crippen LogP contribution is 2.25. The van der Waals surface area contributed by atoms with Crippen molar-refractivity contribution in [1.82, 2.24) is 9.88 Å². The number of nitrogens with one attached hydrogen (secondary N) is 2. The molecule has 5 nitrogen and oxygen atoms in total. The van der Waals surface area contributed by atoms with Crippen molar-refractivity contribution < 1.29 is 22.8 Å². The molecule has 0 unspecified atom stereocenters. The van der Waals surface area contributed by atoms with Gasteiger partial charge in [0.2, 0.25) is 11.8 Å². The summed E-state index contributed by atoms with van der Waals surface area (Å²) >= 11 is 0. The van der Waals surface area contributed by atoms with Gasteiger partial charge < -0.3 is 15.2 Å². The third-order valence-corrected chi connectivity index (χ3v) is 3.78. The first-order valence-corrected chi connectivity index (χ1v) is 7.04. The molecule has 0 spiro atoms. The molecular formula is C15H14F3N3O2. The molecular weight excluding hydrogens is 311 g/mol. The molecule has 2 heterocycles. The number of benzene rings is 1. The molecule has 8 heteroatoms. The molecule has 0 bridgehead atoms. The number of amides is 2. The van der Waals surface area contributed by atoms with Crippen molar-refractivity contribution in [3.8, 4) is 0 Å². The number of anilines is 1. The van der Waals surface area contributed by atoms with Crippen molar-refractivity contribution >= 4 is 28.4 Å². The van der Waals surface area contributed by atoms with Crippen LogP contribution in [0.2, 0.25) is 0 Å². The van der Waals surface area contributed by atoms with Crippen LogP contribution in [0.5, 0.6) is 0 Å². The summed E-state index contributed by atoms with van der Waals surface area (Å²) in [6, 6.07) is 7.09. The van der Waals surface area contributed by atoms with E-state index in [2.05, 4.69) is 10.3 Å². The topological polar surface area (TPSA) is 65.2 Å². The number of hydrogen-bond donors (Lipinski definition) is 2. The fourth-order valence-electron chi connectivity index (χ4n) is 2.69. The molecule has 1 aliphatic heterocycles. The minimum Gasteiger partial charge on any atom is -0.361 e. The van der Waals surface area contributed by atoms with Crippen LogP contribution in [0.1, 0.15) is 6.42 Å². The number of nitrogens with zero attached hydrogens (tertiary/aromatic N) is 1. The SMILES string of the molecule is O=C(Nc1ccc2[nH]ccc2c1)[C@H]1CC(=O)N(CC(F)(F)F)C1. The summed E-state index contributed by atoms with van der Waals surface area (Å²) < 4.78 is 37.1. The lowest BCUT2D eigenvalue weighted by Crippen LogP contribution is -2.36. The van der Waals surface area contributed by atoms with Crippen molar-refractivity contribution in [2.45, 2.75) is 12.6 Å². The number of rotatable bonds is 3. The molecule has 1 atom stereocenters. The van der Waals surface area contributed by atoms with E-state index in [4.69, 9.17) is 0 Å². The van der Waals surface area contributed by atoms with Gasteiger partial charge in [0.15, 0.2) is 0 Å². The van der Waals surface area contributed by atoms with Gasteiger partial charge in [0.1, 0.15) is 6.54 Å². The third kappa shape index (κ3) is 3.46. The highest BCUT2D eigenvalue weighted by Gasteiger charge is 2.40. The van der Waals surface area contributed by atoms with Crippen LogP contribution in [0, 0.1) is 5.92 Å². The fourth-order valence-corrected chi connectivity index (χ4v) is 2.69. The molecule has 3 rings (SSSR count). The molecule has 1 aromatic carbocycles. The lowest BCUT2D eigenvalue weighted by Gasteiger charge is -2.18. The number of alkyl halides is 3. The number of halogens is 3. The van der Waals surface area contributed by atoms with Gasteiger partial charge in [0.05, 0.1) is 5.92 Å². The lowest BCUT2D eigenvalue weighted by molar-refractivity contribution is -0.157. The Bertz CT molecular complexity index is 754. The highest BCUT2D eigenvalue weighted by molar-refractivity contribution is 5.98. The predicted octanol–water partition coefficient (Wildman–Crippen LogP) is 2.52. The summed E-state index contributed by atoms with van der Waals surface area (Å²) in [6.45, 7) is -1.53. The maximum absolute atomic E-state index is 12.4. The van der Waals surface area contributed by atoms with Gasteiger partial charge >= 0.3 is 6.18 Å². The van der Waals surface area contributed by atoms with Crippen LogP contribution in [0.3, 0.4) is 0 Å². The van der Waals surface area contributed by atoms with Crippen molar-refractivity contribution in [2.75, 3.05) is 18.4 Å². The molecule has 0 saturated carbocycles. The Hall–Kier alpha value is -2.51. The monoisotopic (exact) mass is 325 g/mol. The van der Waals surface area contributed by atoms with Crippen molar-refractivity contribution in [3.63, 3.8) is 0 Å². The first-order valence-electron chi connectivity index (χ1n) is 7.04. The molecule has 1 aliphatic rings. The van der Waals surface area contributed by atoms with E-state index in [1.807, 2.05) is 6.07 Å². The molecule has 1 fully saturated rings. The second kappa shape index (κ2) is 5.60. The molecule has 0 aliphatic carbocycles. The van der Waals surface area contributed by atoms with Gasteiger partial charge in [-0.3, -0.25) is 9.59 Å². The van der Waals surface area contributed by atoms with Gasteiger partial charge in [-0.25, -0.2) is 0 Å². The Morgan fingerprint density at radius 3 is 2.87 bits per heavy atom. The number of carbonyl (C=O) groups is 2. The normalized spacial score (nSPS) is 18.7. The molecule has 2 amide bonds. The van der Waals surface area contributed by atoms with E-state index in [1.165, 1.54) is 0 Å². The van der Waals surface area contributed by atoms with E-state index in [-0.39, 0.29) is 13.0 Å². The number of hydrogen-bond acceptors (Lipinski definition) is 2. The second-order valence-electron chi connectivity index (χ2n) is 5.56. The standard InChI is InChI=1S/C15H14F3N3O2/c16-15(17,18)8-21-7-10(6-13(21)22)14(23)20-11-1-2-12-9(5-11)3-4-19-12/h1-5,10,19H,6-8H2,(H,20,23)/t10-/m0/s1. The summed E-state index contributed by atoms with van der Waals surface area (Å²) in [7, 11) is 0. The van der Waals surface area contributed by atoms with E-state index >= 15 is 0 Å². The average Bonchev–Trinajstić information content (AvgIpc) is 3.04. The second-order valence-corrected chi connectivity index (χ2v) is 5.56. The Kier molecular flexibility index (Phi) is 3.75. The third-order valence-electron chi connectivity index (χ3n) is 3.78. The van der Waals surface area contributed by atoms with Crippen molar-refractivity contribution in [3.05, 3.63) is 30.5 Å². The predicted molar refractivity (Wildman–Crippen MR) is 77.7 cm³/mol. The van der Waals surface area contributed by atoms with Crippen LogP contribution < -0.4 is 5.32 Å². The Morgan fingerprint density at radius 1 is 1.35 bits per heavy atom. The number of carbonyl (C=O) groups excluding carboxylic acids is 2. The Labute approximate surface area is 129 Å². The van der Waals surface area contributed by atoms with E-state index in [9.17, 15) is 22.8 Å². The molecule has 122 valence electrons. The van der Waals surface area contributed by atoms with E-state index in [0.717, 1.165) is 10.9 Å².